The number of nitrogens with one attached hydrogen (secondary N) is 2. The quantitative estimate of drug-likeness (QED) is 0.329. The van der Waals surface area contributed by atoms with Crippen molar-refractivity contribution in [2.75, 3.05) is 46.6 Å². The topological polar surface area (TPSA) is 54.9 Å². The maximum Gasteiger partial charge on any atom is 0.191 e. The van der Waals surface area contributed by atoms with Crippen LogP contribution in [0.1, 0.15) is 52.9 Å². The molecule has 0 spiro atoms. The lowest BCUT2D eigenvalue weighted by Crippen LogP contribution is -2.41. The summed E-state index contributed by atoms with van der Waals surface area (Å²) in [4.78, 5) is 4.79. The van der Waals surface area contributed by atoms with Crippen LogP contribution < -0.4 is 10.6 Å². The third-order valence-corrected chi connectivity index (χ3v) is 4.55. The van der Waals surface area contributed by atoms with Gasteiger partial charge in [-0.2, -0.15) is 0 Å². The molecule has 1 fully saturated rings. The Hall–Kier alpha value is -0.810. The highest BCUT2D eigenvalue weighted by atomic mass is 16.5. The zero-order valence-electron chi connectivity index (χ0n) is 15.6. The molecule has 1 aliphatic carbocycles. The number of rotatable bonds is 12. The zero-order chi connectivity index (χ0) is 17.0. The molecule has 136 valence electrons. The summed E-state index contributed by atoms with van der Waals surface area (Å²) < 4.78 is 10.9. The summed E-state index contributed by atoms with van der Waals surface area (Å²) in [5.41, 5.74) is 0.367. The second kappa shape index (κ2) is 11.7. The van der Waals surface area contributed by atoms with E-state index in [0.717, 1.165) is 58.3 Å². The Labute approximate surface area is 142 Å². The summed E-state index contributed by atoms with van der Waals surface area (Å²) >= 11 is 0. The van der Waals surface area contributed by atoms with E-state index in [1.54, 1.807) is 7.11 Å². The van der Waals surface area contributed by atoms with Gasteiger partial charge in [-0.25, -0.2) is 0 Å². The van der Waals surface area contributed by atoms with Crippen molar-refractivity contribution in [1.82, 2.24) is 10.6 Å². The molecule has 1 rings (SSSR count). The van der Waals surface area contributed by atoms with E-state index in [1.165, 1.54) is 19.3 Å². The second-order valence-corrected chi connectivity index (χ2v) is 7.01. The van der Waals surface area contributed by atoms with Crippen molar-refractivity contribution in [3.63, 3.8) is 0 Å². The highest BCUT2D eigenvalue weighted by Crippen LogP contribution is 2.44. The lowest BCUT2D eigenvalue weighted by Gasteiger charge is -2.40. The van der Waals surface area contributed by atoms with E-state index in [4.69, 9.17) is 14.5 Å². The van der Waals surface area contributed by atoms with E-state index in [1.807, 2.05) is 0 Å². The van der Waals surface area contributed by atoms with Crippen LogP contribution in [0.3, 0.4) is 0 Å². The van der Waals surface area contributed by atoms with Gasteiger partial charge in [0, 0.05) is 40.0 Å². The summed E-state index contributed by atoms with van der Waals surface area (Å²) in [6.45, 7) is 11.5. The van der Waals surface area contributed by atoms with Crippen LogP contribution in [0.25, 0.3) is 0 Å². The molecule has 0 amide bonds. The Bertz CT molecular complexity index is 328. The van der Waals surface area contributed by atoms with Crippen molar-refractivity contribution in [2.45, 2.75) is 52.9 Å². The standard InChI is InChI=1S/C18H37N3O2/c1-5-19-17(20-11-14-23-12-7-16(2)3)21-15-18(8-6-9-18)10-13-22-4/h16H,5-15H2,1-4H3,(H2,19,20,21). The average molecular weight is 328 g/mol. The van der Waals surface area contributed by atoms with Crippen molar-refractivity contribution in [3.8, 4) is 0 Å². The molecule has 1 aliphatic rings. The molecule has 0 aromatic carbocycles. The van der Waals surface area contributed by atoms with E-state index in [-0.39, 0.29) is 0 Å². The Morgan fingerprint density at radius 2 is 1.96 bits per heavy atom. The third-order valence-electron chi connectivity index (χ3n) is 4.55. The van der Waals surface area contributed by atoms with Gasteiger partial charge in [0.05, 0.1) is 6.61 Å². The molecule has 23 heavy (non-hydrogen) atoms. The van der Waals surface area contributed by atoms with E-state index in [9.17, 15) is 0 Å². The highest BCUT2D eigenvalue weighted by Gasteiger charge is 2.36. The molecule has 0 aliphatic heterocycles. The normalized spacial score (nSPS) is 17.2. The van der Waals surface area contributed by atoms with Crippen LogP contribution in [0.4, 0.5) is 0 Å². The first-order chi connectivity index (χ1) is 11.1. The smallest absolute Gasteiger partial charge is 0.191 e. The van der Waals surface area contributed by atoms with Crippen LogP contribution in [-0.2, 0) is 9.47 Å². The molecule has 0 radical (unpaired) electrons. The number of aliphatic imine (C=N–C) groups is 1. The fourth-order valence-electron chi connectivity index (χ4n) is 2.73. The molecule has 1 saturated carbocycles. The Morgan fingerprint density at radius 1 is 1.17 bits per heavy atom. The number of nitrogens with zero attached hydrogens (tertiary/aromatic N) is 1. The summed E-state index contributed by atoms with van der Waals surface area (Å²) in [5, 5.41) is 6.69. The molecule has 5 heteroatoms. The minimum Gasteiger partial charge on any atom is -0.385 e. The fraction of sp³-hybridized carbons (Fsp3) is 0.944. The van der Waals surface area contributed by atoms with Gasteiger partial charge in [0.2, 0.25) is 0 Å². The SMILES string of the molecule is CCNC(=NCC1(CCOC)CCC1)NCCOCCC(C)C. The monoisotopic (exact) mass is 327 g/mol. The van der Waals surface area contributed by atoms with Crippen molar-refractivity contribution in [3.05, 3.63) is 0 Å². The highest BCUT2D eigenvalue weighted by molar-refractivity contribution is 5.79. The van der Waals surface area contributed by atoms with Gasteiger partial charge in [-0.15, -0.1) is 0 Å². The molecule has 0 aromatic heterocycles. The van der Waals surface area contributed by atoms with E-state index < -0.39 is 0 Å². The van der Waals surface area contributed by atoms with Gasteiger partial charge in [0.15, 0.2) is 5.96 Å². The first-order valence-corrected chi connectivity index (χ1v) is 9.21. The number of hydrogen-bond acceptors (Lipinski definition) is 3. The summed E-state index contributed by atoms with van der Waals surface area (Å²) in [6.07, 6.45) is 6.11. The minimum absolute atomic E-state index is 0.367. The zero-order valence-corrected chi connectivity index (χ0v) is 15.6. The molecule has 2 N–H and O–H groups in total. The second-order valence-electron chi connectivity index (χ2n) is 7.01. The molecule has 0 atom stereocenters. The van der Waals surface area contributed by atoms with Crippen molar-refractivity contribution in [2.24, 2.45) is 16.3 Å². The van der Waals surface area contributed by atoms with Crippen LogP contribution in [0, 0.1) is 11.3 Å². The van der Waals surface area contributed by atoms with E-state index in [2.05, 4.69) is 31.4 Å². The fourth-order valence-corrected chi connectivity index (χ4v) is 2.73. The van der Waals surface area contributed by atoms with Gasteiger partial charge >= 0.3 is 0 Å². The number of methoxy groups -OCH3 is 1. The third kappa shape index (κ3) is 8.56. The Kier molecular flexibility index (Phi) is 10.3. The Morgan fingerprint density at radius 3 is 2.52 bits per heavy atom. The van der Waals surface area contributed by atoms with Crippen molar-refractivity contribution < 1.29 is 9.47 Å². The lowest BCUT2D eigenvalue weighted by molar-refractivity contribution is 0.0778. The summed E-state index contributed by atoms with van der Waals surface area (Å²) in [5.74, 6) is 1.61. The average Bonchev–Trinajstić information content (AvgIpc) is 2.48. The first kappa shape index (κ1) is 20.2. The van der Waals surface area contributed by atoms with E-state index >= 15 is 0 Å². The Balaban J connectivity index is 2.29. The molecule has 0 aromatic rings. The summed E-state index contributed by atoms with van der Waals surface area (Å²) in [7, 11) is 1.78. The molecule has 0 saturated heterocycles. The molecule has 0 bridgehead atoms. The van der Waals surface area contributed by atoms with Gasteiger partial charge < -0.3 is 20.1 Å². The van der Waals surface area contributed by atoms with Gasteiger partial charge in [0.25, 0.3) is 0 Å². The lowest BCUT2D eigenvalue weighted by atomic mass is 9.67. The van der Waals surface area contributed by atoms with Crippen LogP contribution in [0.5, 0.6) is 0 Å². The predicted molar refractivity (Wildman–Crippen MR) is 97.0 cm³/mol. The molecule has 5 nitrogen and oxygen atoms in total. The minimum atomic E-state index is 0.367. The van der Waals surface area contributed by atoms with E-state index in [0.29, 0.717) is 11.3 Å². The molecular weight excluding hydrogens is 290 g/mol. The number of hydrogen-bond donors (Lipinski definition) is 2. The van der Waals surface area contributed by atoms with Gasteiger partial charge in [0.1, 0.15) is 0 Å². The number of ether oxygens (including phenoxy) is 2. The van der Waals surface area contributed by atoms with Gasteiger partial charge in [-0.1, -0.05) is 20.3 Å². The largest absolute Gasteiger partial charge is 0.385 e. The number of guanidine groups is 1. The van der Waals surface area contributed by atoms with Crippen LogP contribution in [0.15, 0.2) is 4.99 Å². The van der Waals surface area contributed by atoms with Crippen molar-refractivity contribution >= 4 is 5.96 Å². The van der Waals surface area contributed by atoms with Crippen LogP contribution in [-0.4, -0.2) is 52.5 Å². The van der Waals surface area contributed by atoms with Crippen molar-refractivity contribution in [1.29, 1.82) is 0 Å². The predicted octanol–water partition coefficient (Wildman–Crippen LogP) is 2.81. The maximum absolute atomic E-state index is 5.64. The molecular formula is C18H37N3O2. The van der Waals surface area contributed by atoms with Gasteiger partial charge in [-0.3, -0.25) is 4.99 Å². The summed E-state index contributed by atoms with van der Waals surface area (Å²) in [6, 6.07) is 0. The molecule has 0 heterocycles. The van der Waals surface area contributed by atoms with Crippen LogP contribution in [0.2, 0.25) is 0 Å². The van der Waals surface area contributed by atoms with Gasteiger partial charge in [-0.05, 0) is 43.9 Å². The molecule has 0 unspecified atom stereocenters. The maximum atomic E-state index is 5.64. The first-order valence-electron chi connectivity index (χ1n) is 9.21. The van der Waals surface area contributed by atoms with Crippen LogP contribution >= 0.6 is 0 Å².